The van der Waals surface area contributed by atoms with E-state index < -0.39 is 0 Å². The Morgan fingerprint density at radius 1 is 1.30 bits per heavy atom. The maximum Gasteiger partial charge on any atom is 0.253 e. The third kappa shape index (κ3) is 3.73. The second kappa shape index (κ2) is 7.52. The van der Waals surface area contributed by atoms with Gasteiger partial charge in [0.25, 0.3) is 5.91 Å². The first-order valence-electron chi connectivity index (χ1n) is 9.28. The summed E-state index contributed by atoms with van der Waals surface area (Å²) in [5, 5.41) is 2.83. The quantitative estimate of drug-likeness (QED) is 0.872. The molecule has 7 heteroatoms. The van der Waals surface area contributed by atoms with Crippen LogP contribution in [0.15, 0.2) is 24.4 Å². The van der Waals surface area contributed by atoms with E-state index in [1.165, 1.54) is 0 Å². The van der Waals surface area contributed by atoms with Gasteiger partial charge in [-0.05, 0) is 30.7 Å². The summed E-state index contributed by atoms with van der Waals surface area (Å²) in [6, 6.07) is 5.83. The Bertz CT molecular complexity index is 830. The van der Waals surface area contributed by atoms with Gasteiger partial charge in [0.15, 0.2) is 0 Å². The van der Waals surface area contributed by atoms with Crippen LogP contribution in [-0.4, -0.2) is 42.2 Å². The van der Waals surface area contributed by atoms with Gasteiger partial charge in [-0.3, -0.25) is 9.78 Å². The van der Waals surface area contributed by atoms with Gasteiger partial charge in [-0.25, -0.2) is 4.98 Å². The highest BCUT2D eigenvalue weighted by atomic mass is 16.5. The fraction of sp³-hybridized carbons (Fsp3) is 0.450. The maximum absolute atomic E-state index is 11.8. The van der Waals surface area contributed by atoms with Crippen molar-refractivity contribution in [2.45, 2.75) is 39.0 Å². The monoisotopic (exact) mass is 368 g/mol. The van der Waals surface area contributed by atoms with Crippen LogP contribution in [0.1, 0.15) is 40.2 Å². The van der Waals surface area contributed by atoms with Crippen molar-refractivity contribution in [1.82, 2.24) is 15.3 Å². The minimum atomic E-state index is -0.0237. The first-order valence-corrected chi connectivity index (χ1v) is 9.28. The average Bonchev–Trinajstić information content (AvgIpc) is 3.04. The number of methoxy groups -OCH3 is 1. The van der Waals surface area contributed by atoms with E-state index in [0.29, 0.717) is 18.7 Å². The molecule has 0 aromatic carbocycles. The summed E-state index contributed by atoms with van der Waals surface area (Å²) in [6.45, 7) is 4.81. The lowest BCUT2D eigenvalue weighted by Crippen LogP contribution is -2.39. The summed E-state index contributed by atoms with van der Waals surface area (Å²) < 4.78 is 11.2. The Balaban J connectivity index is 1.37. The first-order chi connectivity index (χ1) is 13.1. The molecule has 0 bridgehead atoms. The van der Waals surface area contributed by atoms with Gasteiger partial charge in [0.1, 0.15) is 17.7 Å². The van der Waals surface area contributed by atoms with Gasteiger partial charge in [-0.15, -0.1) is 0 Å². The number of carbonyl (C=O) groups excluding carboxylic acids is 1. The summed E-state index contributed by atoms with van der Waals surface area (Å²) in [4.78, 5) is 23.2. The largest absolute Gasteiger partial charge is 0.489 e. The van der Waals surface area contributed by atoms with Crippen molar-refractivity contribution in [3.63, 3.8) is 0 Å². The van der Waals surface area contributed by atoms with Crippen LogP contribution in [-0.2, 0) is 17.9 Å². The predicted molar refractivity (Wildman–Crippen MR) is 101 cm³/mol. The number of pyridine rings is 2. The van der Waals surface area contributed by atoms with Gasteiger partial charge in [0, 0.05) is 33.0 Å². The van der Waals surface area contributed by atoms with E-state index in [2.05, 4.69) is 15.2 Å². The second-order valence-electron chi connectivity index (χ2n) is 7.03. The molecule has 2 aliphatic rings. The Labute approximate surface area is 158 Å². The van der Waals surface area contributed by atoms with Crippen LogP contribution in [0.3, 0.4) is 0 Å². The highest BCUT2D eigenvalue weighted by Crippen LogP contribution is 2.27. The zero-order chi connectivity index (χ0) is 18.8. The fourth-order valence-electron chi connectivity index (χ4n) is 3.64. The Morgan fingerprint density at radius 3 is 2.81 bits per heavy atom. The number of rotatable bonds is 5. The fourth-order valence-corrected chi connectivity index (χ4v) is 3.64. The summed E-state index contributed by atoms with van der Waals surface area (Å²) in [5.41, 5.74) is 3.49. The molecule has 1 amide bonds. The zero-order valence-electron chi connectivity index (χ0n) is 15.7. The number of ether oxygens (including phenoxy) is 2. The van der Waals surface area contributed by atoms with E-state index >= 15 is 0 Å². The third-order valence-electron chi connectivity index (χ3n) is 5.06. The van der Waals surface area contributed by atoms with E-state index in [9.17, 15) is 4.79 Å². The molecule has 27 heavy (non-hydrogen) atoms. The standard InChI is InChI=1S/C20H24N4O3/c1-13-9-17-18(11-22-20(17)25)23-19(13)24-7-5-15(6-8-24)27-16-4-3-14(12-26-2)21-10-16/h3-4,9-10,15H,5-8,11-12H2,1-2H3,(H,22,25). The van der Waals surface area contributed by atoms with Crippen molar-refractivity contribution in [1.29, 1.82) is 0 Å². The van der Waals surface area contributed by atoms with E-state index in [4.69, 9.17) is 14.5 Å². The molecule has 1 saturated heterocycles. The normalized spacial score (nSPS) is 17.0. The lowest BCUT2D eigenvalue weighted by Gasteiger charge is -2.33. The lowest BCUT2D eigenvalue weighted by atomic mass is 10.1. The van der Waals surface area contributed by atoms with Crippen LogP contribution in [0.4, 0.5) is 5.82 Å². The highest BCUT2D eigenvalue weighted by Gasteiger charge is 2.26. The molecule has 0 unspecified atom stereocenters. The number of hydrogen-bond donors (Lipinski definition) is 1. The number of piperidine rings is 1. The minimum Gasteiger partial charge on any atom is -0.489 e. The highest BCUT2D eigenvalue weighted by molar-refractivity contribution is 5.98. The molecule has 7 nitrogen and oxygen atoms in total. The van der Waals surface area contributed by atoms with Gasteiger partial charge < -0.3 is 19.7 Å². The molecule has 0 radical (unpaired) electrons. The van der Waals surface area contributed by atoms with Gasteiger partial charge in [-0.2, -0.15) is 0 Å². The molecule has 0 atom stereocenters. The Morgan fingerprint density at radius 2 is 2.11 bits per heavy atom. The molecule has 1 N–H and O–H groups in total. The topological polar surface area (TPSA) is 76.6 Å². The van der Waals surface area contributed by atoms with Gasteiger partial charge in [-0.1, -0.05) is 0 Å². The number of aryl methyl sites for hydroxylation is 1. The molecular formula is C20H24N4O3. The van der Waals surface area contributed by atoms with Crippen LogP contribution in [0.2, 0.25) is 0 Å². The van der Waals surface area contributed by atoms with Crippen molar-refractivity contribution in [2.24, 2.45) is 0 Å². The summed E-state index contributed by atoms with van der Waals surface area (Å²) in [6.07, 6.45) is 3.79. The first kappa shape index (κ1) is 17.7. The zero-order valence-corrected chi connectivity index (χ0v) is 15.7. The van der Waals surface area contributed by atoms with E-state index in [-0.39, 0.29) is 12.0 Å². The van der Waals surface area contributed by atoms with Crippen LogP contribution < -0.4 is 15.0 Å². The van der Waals surface area contributed by atoms with Crippen LogP contribution in [0.5, 0.6) is 5.75 Å². The molecular weight excluding hydrogens is 344 g/mol. The number of anilines is 1. The molecule has 2 aromatic rings. The third-order valence-corrected chi connectivity index (χ3v) is 5.06. The minimum absolute atomic E-state index is 0.0237. The maximum atomic E-state index is 11.8. The molecule has 1 fully saturated rings. The molecule has 4 rings (SSSR count). The number of amides is 1. The number of hydrogen-bond acceptors (Lipinski definition) is 6. The summed E-state index contributed by atoms with van der Waals surface area (Å²) in [7, 11) is 1.66. The second-order valence-corrected chi connectivity index (χ2v) is 7.03. The van der Waals surface area contributed by atoms with Gasteiger partial charge >= 0.3 is 0 Å². The number of nitrogens with one attached hydrogen (secondary N) is 1. The Hall–Kier alpha value is -2.67. The van der Waals surface area contributed by atoms with Gasteiger partial charge in [0.2, 0.25) is 0 Å². The number of aromatic nitrogens is 2. The average molecular weight is 368 g/mol. The molecule has 0 spiro atoms. The van der Waals surface area contributed by atoms with Crippen LogP contribution >= 0.6 is 0 Å². The van der Waals surface area contributed by atoms with Crippen molar-refractivity contribution in [2.75, 3.05) is 25.1 Å². The number of fused-ring (bicyclic) bond motifs is 1. The predicted octanol–water partition coefficient (Wildman–Crippen LogP) is 2.22. The van der Waals surface area contributed by atoms with Crippen molar-refractivity contribution < 1.29 is 14.3 Å². The molecule has 0 aliphatic carbocycles. The van der Waals surface area contributed by atoms with Crippen molar-refractivity contribution >= 4 is 11.7 Å². The summed E-state index contributed by atoms with van der Waals surface area (Å²) >= 11 is 0. The number of carbonyl (C=O) groups is 1. The smallest absolute Gasteiger partial charge is 0.253 e. The molecule has 0 saturated carbocycles. The van der Waals surface area contributed by atoms with E-state index in [1.54, 1.807) is 13.3 Å². The van der Waals surface area contributed by atoms with Crippen molar-refractivity contribution in [3.8, 4) is 5.75 Å². The Kier molecular flexibility index (Phi) is 4.94. The van der Waals surface area contributed by atoms with E-state index in [0.717, 1.165) is 54.4 Å². The van der Waals surface area contributed by atoms with Gasteiger partial charge in [0.05, 0.1) is 36.3 Å². The molecule has 2 aliphatic heterocycles. The molecule has 142 valence electrons. The van der Waals surface area contributed by atoms with E-state index in [1.807, 2.05) is 25.1 Å². The summed E-state index contributed by atoms with van der Waals surface area (Å²) in [5.74, 6) is 1.75. The lowest BCUT2D eigenvalue weighted by molar-refractivity contribution is 0.0965. The molecule has 2 aromatic heterocycles. The SMILES string of the molecule is COCc1ccc(OC2CCN(c3nc4c(cc3C)C(=O)NC4)CC2)cn1. The number of nitrogens with zero attached hydrogens (tertiary/aromatic N) is 3. The van der Waals surface area contributed by atoms with Crippen molar-refractivity contribution in [3.05, 3.63) is 46.9 Å². The van der Waals surface area contributed by atoms with Crippen LogP contribution in [0.25, 0.3) is 0 Å². The molecule has 4 heterocycles. The van der Waals surface area contributed by atoms with Crippen LogP contribution in [0, 0.1) is 6.92 Å².